The number of likely N-dealkylation sites (N-methyl/N-ethyl adjacent to an activating group) is 1. The van der Waals surface area contributed by atoms with Crippen LogP contribution in [0.2, 0.25) is 0 Å². The third-order valence-corrected chi connectivity index (χ3v) is 4.75. The van der Waals surface area contributed by atoms with Crippen molar-refractivity contribution in [3.63, 3.8) is 0 Å². The van der Waals surface area contributed by atoms with E-state index >= 15 is 0 Å². The number of esters is 1. The van der Waals surface area contributed by atoms with Crippen molar-refractivity contribution in [3.8, 4) is 12.3 Å². The number of terminal acetylenes is 1. The summed E-state index contributed by atoms with van der Waals surface area (Å²) >= 11 is 0. The Kier molecular flexibility index (Phi) is 6.80. The molecule has 0 amide bonds. The van der Waals surface area contributed by atoms with Gasteiger partial charge in [0.2, 0.25) is 0 Å². The molecule has 0 spiro atoms. The van der Waals surface area contributed by atoms with Gasteiger partial charge in [-0.15, -0.1) is 6.42 Å². The third kappa shape index (κ3) is 4.95. The highest BCUT2D eigenvalue weighted by molar-refractivity contribution is 5.89. The topological polar surface area (TPSA) is 26.3 Å². The smallest absolute Gasteiger partial charge is 0.338 e. The fourth-order valence-corrected chi connectivity index (χ4v) is 2.97. The molecule has 1 atom stereocenters. The van der Waals surface area contributed by atoms with E-state index < -0.39 is 0 Å². The van der Waals surface area contributed by atoms with Crippen molar-refractivity contribution in [1.29, 1.82) is 0 Å². The molecule has 0 aliphatic heterocycles. The first-order valence-corrected chi connectivity index (χ1v) is 8.73. The Labute approximate surface area is 150 Å². The molecule has 0 N–H and O–H groups in total. The molecule has 25 heavy (non-hydrogen) atoms. The molecule has 1 unspecified atom stereocenters. The van der Waals surface area contributed by atoms with Crippen molar-refractivity contribution in [2.45, 2.75) is 20.0 Å². The zero-order valence-electron chi connectivity index (χ0n) is 15.0. The second-order valence-corrected chi connectivity index (χ2v) is 6.19. The molecular weight excluding hydrogens is 310 g/mol. The van der Waals surface area contributed by atoms with E-state index in [9.17, 15) is 4.79 Å². The number of quaternary nitrogens is 1. The molecule has 0 fully saturated rings. The van der Waals surface area contributed by atoms with E-state index in [2.05, 4.69) is 19.8 Å². The van der Waals surface area contributed by atoms with Gasteiger partial charge in [-0.2, -0.15) is 0 Å². The lowest BCUT2D eigenvalue weighted by Crippen LogP contribution is -2.51. The van der Waals surface area contributed by atoms with Gasteiger partial charge >= 0.3 is 5.97 Å². The van der Waals surface area contributed by atoms with Gasteiger partial charge in [0.15, 0.2) is 6.10 Å². The van der Waals surface area contributed by atoms with E-state index in [0.29, 0.717) is 18.7 Å². The van der Waals surface area contributed by atoms with Gasteiger partial charge < -0.3 is 9.22 Å². The van der Waals surface area contributed by atoms with Crippen LogP contribution in [0.1, 0.15) is 35.9 Å². The number of carbonyl (C=O) groups is 1. The fraction of sp³-hybridized carbons (Fsp3) is 0.318. The first-order valence-electron chi connectivity index (χ1n) is 8.73. The number of benzene rings is 2. The van der Waals surface area contributed by atoms with Crippen LogP contribution in [0.4, 0.5) is 0 Å². The van der Waals surface area contributed by atoms with Gasteiger partial charge in [-0.1, -0.05) is 48.5 Å². The van der Waals surface area contributed by atoms with Gasteiger partial charge in [0.1, 0.15) is 13.1 Å². The highest BCUT2D eigenvalue weighted by atomic mass is 16.5. The summed E-state index contributed by atoms with van der Waals surface area (Å²) in [5, 5.41) is 0. The molecule has 0 aliphatic carbocycles. The molecule has 2 rings (SSSR count). The predicted octanol–water partition coefficient (Wildman–Crippen LogP) is 4.07. The minimum Gasteiger partial charge on any atom is -0.448 e. The first-order chi connectivity index (χ1) is 12.1. The van der Waals surface area contributed by atoms with E-state index in [1.165, 1.54) is 0 Å². The number of hydrogen-bond donors (Lipinski definition) is 0. The van der Waals surface area contributed by atoms with Gasteiger partial charge in [-0.05, 0) is 37.5 Å². The molecule has 0 heterocycles. The molecular formula is C22H26NO2+. The number of rotatable bonds is 8. The number of nitrogens with zero attached hydrogens (tertiary/aromatic N) is 1. The predicted molar refractivity (Wildman–Crippen MR) is 101 cm³/mol. The van der Waals surface area contributed by atoms with Crippen molar-refractivity contribution in [3.05, 3.63) is 71.8 Å². The van der Waals surface area contributed by atoms with Crippen molar-refractivity contribution >= 4 is 5.97 Å². The van der Waals surface area contributed by atoms with Crippen LogP contribution in [0.25, 0.3) is 0 Å². The second-order valence-electron chi connectivity index (χ2n) is 6.19. The maximum atomic E-state index is 12.6. The SMILES string of the molecule is C#CC[N+](CC)(CC)CC(OC(=O)c1ccccc1)c1ccccc1. The van der Waals surface area contributed by atoms with Crippen molar-refractivity contribution in [1.82, 2.24) is 0 Å². The Balaban J connectivity index is 2.28. The summed E-state index contributed by atoms with van der Waals surface area (Å²) in [6.07, 6.45) is 5.27. The van der Waals surface area contributed by atoms with Crippen LogP contribution >= 0.6 is 0 Å². The van der Waals surface area contributed by atoms with Gasteiger partial charge in [-0.25, -0.2) is 4.79 Å². The summed E-state index contributed by atoms with van der Waals surface area (Å²) in [6, 6.07) is 19.0. The lowest BCUT2D eigenvalue weighted by atomic mass is 10.1. The van der Waals surface area contributed by atoms with E-state index in [1.807, 2.05) is 48.5 Å². The molecule has 0 radical (unpaired) electrons. The molecule has 3 heteroatoms. The van der Waals surface area contributed by atoms with E-state index in [0.717, 1.165) is 23.1 Å². The van der Waals surface area contributed by atoms with Gasteiger partial charge in [0.25, 0.3) is 0 Å². The number of hydrogen-bond acceptors (Lipinski definition) is 2. The number of carbonyl (C=O) groups excluding carboxylic acids is 1. The molecule has 0 saturated heterocycles. The monoisotopic (exact) mass is 336 g/mol. The summed E-state index contributed by atoms with van der Waals surface area (Å²) in [5.74, 6) is 2.48. The maximum Gasteiger partial charge on any atom is 0.338 e. The summed E-state index contributed by atoms with van der Waals surface area (Å²) in [6.45, 7) is 7.34. The Morgan fingerprint density at radius 1 is 1.04 bits per heavy atom. The average Bonchev–Trinajstić information content (AvgIpc) is 2.68. The Morgan fingerprint density at radius 2 is 1.60 bits per heavy atom. The first kappa shape index (κ1) is 18.8. The van der Waals surface area contributed by atoms with E-state index in [-0.39, 0.29) is 12.1 Å². The molecule has 0 aliphatic rings. The average molecular weight is 336 g/mol. The lowest BCUT2D eigenvalue weighted by molar-refractivity contribution is -0.921. The molecule has 0 bridgehead atoms. The number of ether oxygens (including phenoxy) is 1. The standard InChI is InChI=1S/C22H26NO2/c1-4-17-23(5-2,6-3)18-21(19-13-9-7-10-14-19)25-22(24)20-15-11-8-12-16-20/h1,7-16,21H,5-6,17-18H2,2-3H3/q+1. The minimum atomic E-state index is -0.331. The zero-order chi connectivity index (χ0) is 18.1. The Bertz CT molecular complexity index is 700. The summed E-state index contributed by atoms with van der Waals surface area (Å²) in [4.78, 5) is 12.6. The van der Waals surface area contributed by atoms with Crippen LogP contribution in [-0.4, -0.2) is 36.6 Å². The zero-order valence-corrected chi connectivity index (χ0v) is 15.0. The third-order valence-electron chi connectivity index (χ3n) is 4.75. The maximum absolute atomic E-state index is 12.6. The molecule has 2 aromatic rings. The Hall–Kier alpha value is -2.57. The van der Waals surface area contributed by atoms with Crippen molar-refractivity contribution in [2.24, 2.45) is 0 Å². The Morgan fingerprint density at radius 3 is 2.12 bits per heavy atom. The van der Waals surface area contributed by atoms with Crippen molar-refractivity contribution in [2.75, 3.05) is 26.2 Å². The van der Waals surface area contributed by atoms with Crippen LogP contribution in [0.3, 0.4) is 0 Å². The van der Waals surface area contributed by atoms with E-state index in [1.54, 1.807) is 12.1 Å². The van der Waals surface area contributed by atoms with Crippen LogP contribution in [0.5, 0.6) is 0 Å². The highest BCUT2D eigenvalue weighted by Gasteiger charge is 2.30. The van der Waals surface area contributed by atoms with Gasteiger partial charge in [-0.3, -0.25) is 0 Å². The quantitative estimate of drug-likeness (QED) is 0.412. The summed E-state index contributed by atoms with van der Waals surface area (Å²) in [5.41, 5.74) is 1.56. The van der Waals surface area contributed by atoms with E-state index in [4.69, 9.17) is 11.2 Å². The van der Waals surface area contributed by atoms with Crippen LogP contribution in [-0.2, 0) is 4.74 Å². The lowest BCUT2D eigenvalue weighted by Gasteiger charge is -2.37. The summed E-state index contributed by atoms with van der Waals surface area (Å²) < 4.78 is 6.63. The molecule has 0 saturated carbocycles. The summed E-state index contributed by atoms with van der Waals surface area (Å²) in [7, 11) is 0. The largest absolute Gasteiger partial charge is 0.448 e. The molecule has 3 nitrogen and oxygen atoms in total. The van der Waals surface area contributed by atoms with Gasteiger partial charge in [0, 0.05) is 0 Å². The second kappa shape index (κ2) is 9.05. The van der Waals surface area contributed by atoms with Crippen LogP contribution in [0.15, 0.2) is 60.7 Å². The molecule has 0 aromatic heterocycles. The molecule has 130 valence electrons. The fourth-order valence-electron chi connectivity index (χ4n) is 2.97. The normalized spacial score (nSPS) is 12.2. The molecule has 2 aromatic carbocycles. The van der Waals surface area contributed by atoms with Gasteiger partial charge in [0.05, 0.1) is 18.7 Å². The van der Waals surface area contributed by atoms with Crippen molar-refractivity contribution < 1.29 is 14.0 Å². The van der Waals surface area contributed by atoms with Crippen LogP contribution < -0.4 is 0 Å². The highest BCUT2D eigenvalue weighted by Crippen LogP contribution is 2.24. The minimum absolute atomic E-state index is 0.305. The van der Waals surface area contributed by atoms with Crippen LogP contribution in [0, 0.1) is 12.3 Å².